The Hall–Kier alpha value is -3.52. The van der Waals surface area contributed by atoms with Crippen molar-refractivity contribution in [2.75, 3.05) is 7.11 Å². The summed E-state index contributed by atoms with van der Waals surface area (Å²) >= 11 is 5.62. The van der Waals surface area contributed by atoms with Crippen molar-refractivity contribution < 1.29 is 18.7 Å². The summed E-state index contributed by atoms with van der Waals surface area (Å²) in [6.45, 7) is 0. The quantitative estimate of drug-likeness (QED) is 0.386. The number of hydrogen-bond donors (Lipinski definition) is 1. The fourth-order valence-corrected chi connectivity index (χ4v) is 2.26. The second-order valence-corrected chi connectivity index (χ2v) is 5.73. The predicted molar refractivity (Wildman–Crippen MR) is 102 cm³/mol. The first-order valence-corrected chi connectivity index (χ1v) is 8.36. The van der Waals surface area contributed by atoms with Crippen LogP contribution in [0.15, 0.2) is 59.8 Å². The maximum Gasteiger partial charge on any atom is 0.271 e. The van der Waals surface area contributed by atoms with Crippen LogP contribution in [0.1, 0.15) is 15.9 Å². The van der Waals surface area contributed by atoms with Crippen LogP contribution in [0.4, 0.5) is 4.39 Å². The number of carbonyl (C=O) groups excluding carboxylic acids is 1. The third kappa shape index (κ3) is 5.01. The van der Waals surface area contributed by atoms with E-state index in [2.05, 4.69) is 20.5 Å². The molecule has 0 fully saturated rings. The van der Waals surface area contributed by atoms with Crippen molar-refractivity contribution in [1.82, 2.24) is 15.4 Å². The van der Waals surface area contributed by atoms with Crippen LogP contribution in [-0.4, -0.2) is 29.2 Å². The van der Waals surface area contributed by atoms with Gasteiger partial charge in [-0.2, -0.15) is 14.5 Å². The van der Waals surface area contributed by atoms with Gasteiger partial charge in [-0.25, -0.2) is 10.4 Å². The summed E-state index contributed by atoms with van der Waals surface area (Å²) in [5.74, 6) is -0.437. The Morgan fingerprint density at radius 3 is 2.75 bits per heavy atom. The van der Waals surface area contributed by atoms with E-state index < -0.39 is 5.82 Å². The molecule has 0 radical (unpaired) electrons. The van der Waals surface area contributed by atoms with Crippen molar-refractivity contribution in [1.29, 1.82) is 0 Å². The van der Waals surface area contributed by atoms with E-state index in [1.807, 2.05) is 0 Å². The molecule has 142 valence electrons. The van der Waals surface area contributed by atoms with E-state index in [1.54, 1.807) is 48.5 Å². The van der Waals surface area contributed by atoms with Crippen LogP contribution in [0.5, 0.6) is 17.4 Å². The fourth-order valence-electron chi connectivity index (χ4n) is 2.13. The Morgan fingerprint density at radius 1 is 1.21 bits per heavy atom. The Labute approximate surface area is 164 Å². The van der Waals surface area contributed by atoms with E-state index in [-0.39, 0.29) is 17.1 Å². The topological polar surface area (TPSA) is 85.7 Å². The van der Waals surface area contributed by atoms with Gasteiger partial charge >= 0.3 is 0 Å². The first-order chi connectivity index (χ1) is 13.5. The van der Waals surface area contributed by atoms with Crippen LogP contribution in [-0.2, 0) is 0 Å². The number of nitrogens with one attached hydrogen (secondary N) is 1. The molecule has 0 aliphatic carbocycles. The fraction of sp³-hybridized carbons (Fsp3) is 0.0526. The largest absolute Gasteiger partial charge is 0.497 e. The number of nitrogens with zero attached hydrogens (tertiary/aromatic N) is 3. The standard InChI is InChI=1S/C19H14ClFN4O3/c1-27-15-4-2-3-13(9-15)17(26)25-23-10-12-5-7-14(8-6-12)28-18-16(21)11-22-19(20)24-18/h2-11H,1H3,(H,25,26)/b23-10+. The second kappa shape index (κ2) is 8.92. The summed E-state index contributed by atoms with van der Waals surface area (Å²) in [4.78, 5) is 19.3. The maximum absolute atomic E-state index is 13.6. The zero-order chi connectivity index (χ0) is 19.9. The maximum atomic E-state index is 13.6. The van der Waals surface area contributed by atoms with Crippen molar-refractivity contribution in [3.8, 4) is 17.4 Å². The Balaban J connectivity index is 1.60. The van der Waals surface area contributed by atoms with Crippen LogP contribution in [0.2, 0.25) is 5.28 Å². The molecule has 0 unspecified atom stereocenters. The summed E-state index contributed by atoms with van der Waals surface area (Å²) in [6.07, 6.45) is 2.39. The highest BCUT2D eigenvalue weighted by molar-refractivity contribution is 6.28. The number of hydrogen-bond acceptors (Lipinski definition) is 6. The van der Waals surface area contributed by atoms with Gasteiger partial charge in [0.25, 0.3) is 11.8 Å². The third-order valence-corrected chi connectivity index (χ3v) is 3.67. The van der Waals surface area contributed by atoms with Crippen molar-refractivity contribution in [2.45, 2.75) is 0 Å². The molecule has 0 bridgehead atoms. The third-order valence-electron chi connectivity index (χ3n) is 3.49. The molecular formula is C19H14ClFN4O3. The van der Waals surface area contributed by atoms with Gasteiger partial charge in [0.05, 0.1) is 19.5 Å². The number of halogens is 2. The van der Waals surface area contributed by atoms with Crippen LogP contribution < -0.4 is 14.9 Å². The lowest BCUT2D eigenvalue weighted by Crippen LogP contribution is -2.17. The molecule has 0 spiro atoms. The molecule has 0 saturated carbocycles. The number of rotatable bonds is 6. The van der Waals surface area contributed by atoms with Gasteiger partial charge in [-0.3, -0.25) is 4.79 Å². The molecule has 0 atom stereocenters. The summed E-state index contributed by atoms with van der Waals surface area (Å²) < 4.78 is 24.0. The number of hydrazone groups is 1. The molecule has 28 heavy (non-hydrogen) atoms. The minimum atomic E-state index is -0.727. The highest BCUT2D eigenvalue weighted by Crippen LogP contribution is 2.23. The molecule has 1 heterocycles. The van der Waals surface area contributed by atoms with E-state index in [1.165, 1.54) is 13.3 Å². The Morgan fingerprint density at radius 2 is 2.00 bits per heavy atom. The van der Waals surface area contributed by atoms with Crippen molar-refractivity contribution in [3.63, 3.8) is 0 Å². The molecule has 1 aromatic heterocycles. The van der Waals surface area contributed by atoms with Gasteiger partial charge in [0.2, 0.25) is 11.1 Å². The summed E-state index contributed by atoms with van der Waals surface area (Å²) in [7, 11) is 1.52. The number of carbonyl (C=O) groups is 1. The number of amides is 1. The van der Waals surface area contributed by atoms with E-state index >= 15 is 0 Å². The molecule has 3 aromatic rings. The molecule has 0 saturated heterocycles. The Bertz CT molecular complexity index is 1010. The molecule has 9 heteroatoms. The van der Waals surface area contributed by atoms with Crippen LogP contribution >= 0.6 is 11.6 Å². The zero-order valence-corrected chi connectivity index (χ0v) is 15.4. The lowest BCUT2D eigenvalue weighted by molar-refractivity contribution is 0.0955. The van der Waals surface area contributed by atoms with Crippen LogP contribution in [0.25, 0.3) is 0 Å². The predicted octanol–water partition coefficient (Wildman–Crippen LogP) is 3.83. The first-order valence-electron chi connectivity index (χ1n) is 7.98. The van der Waals surface area contributed by atoms with Gasteiger partial charge in [-0.1, -0.05) is 6.07 Å². The van der Waals surface area contributed by atoms with Gasteiger partial charge in [-0.05, 0) is 59.6 Å². The smallest absolute Gasteiger partial charge is 0.271 e. The normalized spacial score (nSPS) is 10.7. The number of ether oxygens (including phenoxy) is 2. The monoisotopic (exact) mass is 400 g/mol. The minimum Gasteiger partial charge on any atom is -0.497 e. The van der Waals surface area contributed by atoms with E-state index in [9.17, 15) is 9.18 Å². The minimum absolute atomic E-state index is 0.119. The number of benzene rings is 2. The summed E-state index contributed by atoms with van der Waals surface area (Å²) in [5, 5.41) is 3.79. The van der Waals surface area contributed by atoms with Gasteiger partial charge in [0.15, 0.2) is 0 Å². The van der Waals surface area contributed by atoms with Crippen molar-refractivity contribution in [3.05, 3.63) is 77.0 Å². The summed E-state index contributed by atoms with van der Waals surface area (Å²) in [6, 6.07) is 13.3. The molecule has 0 aliphatic rings. The van der Waals surface area contributed by atoms with E-state index in [0.29, 0.717) is 22.6 Å². The second-order valence-electron chi connectivity index (χ2n) is 5.39. The molecule has 1 N–H and O–H groups in total. The van der Waals surface area contributed by atoms with E-state index in [4.69, 9.17) is 21.1 Å². The lowest BCUT2D eigenvalue weighted by Gasteiger charge is -2.05. The highest BCUT2D eigenvalue weighted by atomic mass is 35.5. The van der Waals surface area contributed by atoms with Crippen molar-refractivity contribution >= 4 is 23.7 Å². The van der Waals surface area contributed by atoms with Crippen LogP contribution in [0.3, 0.4) is 0 Å². The van der Waals surface area contributed by atoms with Crippen molar-refractivity contribution in [2.24, 2.45) is 5.10 Å². The van der Waals surface area contributed by atoms with Gasteiger partial charge in [-0.15, -0.1) is 0 Å². The first kappa shape index (κ1) is 19.2. The van der Waals surface area contributed by atoms with E-state index in [0.717, 1.165) is 6.20 Å². The zero-order valence-electron chi connectivity index (χ0n) is 14.6. The molecule has 1 amide bonds. The van der Waals surface area contributed by atoms with Gasteiger partial charge in [0.1, 0.15) is 11.5 Å². The summed E-state index contributed by atoms with van der Waals surface area (Å²) in [5.41, 5.74) is 3.55. The Kier molecular flexibility index (Phi) is 6.13. The molecule has 7 nitrogen and oxygen atoms in total. The SMILES string of the molecule is COc1cccc(C(=O)N/N=C/c2ccc(Oc3nc(Cl)ncc3F)cc2)c1. The average Bonchev–Trinajstić information content (AvgIpc) is 2.72. The average molecular weight is 401 g/mol. The molecule has 3 rings (SSSR count). The number of aromatic nitrogens is 2. The van der Waals surface area contributed by atoms with Gasteiger partial charge in [0, 0.05) is 5.56 Å². The number of methoxy groups -OCH3 is 1. The highest BCUT2D eigenvalue weighted by Gasteiger charge is 2.08. The van der Waals surface area contributed by atoms with Gasteiger partial charge < -0.3 is 9.47 Å². The molecular weight excluding hydrogens is 387 g/mol. The molecule has 0 aliphatic heterocycles. The lowest BCUT2D eigenvalue weighted by atomic mass is 10.2. The molecule has 2 aromatic carbocycles. The van der Waals surface area contributed by atoms with Crippen LogP contribution in [0, 0.1) is 5.82 Å².